The van der Waals surface area contributed by atoms with Gasteiger partial charge in [-0.1, -0.05) is 114 Å². The van der Waals surface area contributed by atoms with E-state index in [0.29, 0.717) is 64.5 Å². The molecule has 0 spiro atoms. The van der Waals surface area contributed by atoms with Crippen molar-refractivity contribution in [2.45, 2.75) is 156 Å². The molecule has 56 heavy (non-hydrogen) atoms. The zero-order valence-corrected chi connectivity index (χ0v) is 34.8. The molecule has 2 fully saturated rings. The zero-order valence-electron chi connectivity index (χ0n) is 34.8. The molecular weight excluding hydrogens is 709 g/mol. The van der Waals surface area contributed by atoms with E-state index in [9.17, 15) is 28.8 Å². The summed E-state index contributed by atoms with van der Waals surface area (Å²) in [6.45, 7) is 11.1. The van der Waals surface area contributed by atoms with Crippen LogP contribution in [-0.2, 0) is 35.2 Å². The Bertz CT molecular complexity index is 1400. The molecule has 0 aromatic heterocycles. The molecule has 0 bridgehead atoms. The highest BCUT2D eigenvalue weighted by molar-refractivity contribution is 5.91. The van der Waals surface area contributed by atoms with E-state index in [-0.39, 0.29) is 48.3 Å². The molecule has 10 nitrogen and oxygen atoms in total. The van der Waals surface area contributed by atoms with E-state index >= 15 is 0 Å². The maximum Gasteiger partial charge on any atom is 0.303 e. The number of piperidine rings is 2. The number of aliphatic carboxylic acids is 2. The Balaban J connectivity index is 0.000000995. The molecule has 0 aliphatic carbocycles. The lowest BCUT2D eigenvalue weighted by Crippen LogP contribution is -2.42. The number of carbonyl (C=O) groups is 6. The maximum atomic E-state index is 12.2. The quantitative estimate of drug-likeness (QED) is 0.0672. The van der Waals surface area contributed by atoms with Crippen molar-refractivity contribution in [2.75, 3.05) is 13.1 Å². The Morgan fingerprint density at radius 1 is 0.643 bits per heavy atom. The summed E-state index contributed by atoms with van der Waals surface area (Å²) in [5.74, 6) is -1.19. The van der Waals surface area contributed by atoms with Crippen LogP contribution in [0.3, 0.4) is 0 Å². The van der Waals surface area contributed by atoms with Gasteiger partial charge >= 0.3 is 11.9 Å². The molecule has 2 saturated heterocycles. The van der Waals surface area contributed by atoms with Gasteiger partial charge in [-0.25, -0.2) is 0 Å². The molecule has 2 heterocycles. The third kappa shape index (κ3) is 24.7. The van der Waals surface area contributed by atoms with Crippen LogP contribution in [0.5, 0.6) is 0 Å². The van der Waals surface area contributed by atoms with Crippen molar-refractivity contribution in [1.29, 1.82) is 0 Å². The van der Waals surface area contributed by atoms with E-state index in [0.717, 1.165) is 50.5 Å². The second-order valence-corrected chi connectivity index (χ2v) is 13.3. The molecule has 2 amide bonds. The summed E-state index contributed by atoms with van der Waals surface area (Å²) in [6, 6.07) is 9.53. The summed E-state index contributed by atoms with van der Waals surface area (Å²) >= 11 is 0. The van der Waals surface area contributed by atoms with Gasteiger partial charge in [-0.15, -0.1) is 0 Å². The van der Waals surface area contributed by atoms with E-state index < -0.39 is 11.9 Å². The Morgan fingerprint density at radius 2 is 1.11 bits per heavy atom. The van der Waals surface area contributed by atoms with Crippen LogP contribution in [0.2, 0.25) is 0 Å². The van der Waals surface area contributed by atoms with Crippen molar-refractivity contribution in [3.8, 4) is 0 Å². The van der Waals surface area contributed by atoms with Gasteiger partial charge in [0.05, 0.1) is 12.1 Å². The van der Waals surface area contributed by atoms with Crippen LogP contribution < -0.4 is 0 Å². The van der Waals surface area contributed by atoms with Crippen LogP contribution in [0, 0.1) is 0 Å². The van der Waals surface area contributed by atoms with Gasteiger partial charge in [0.2, 0.25) is 11.8 Å². The fourth-order valence-electron chi connectivity index (χ4n) is 6.05. The van der Waals surface area contributed by atoms with E-state index in [4.69, 9.17) is 10.2 Å². The number of ketones is 2. The number of carbonyl (C=O) groups excluding carboxylic acids is 4. The molecule has 1 aromatic carbocycles. The number of likely N-dealkylation sites (tertiary alicyclic amines) is 2. The molecule has 0 unspecified atom stereocenters. The summed E-state index contributed by atoms with van der Waals surface area (Å²) in [6.07, 6.45) is 26.1. The lowest BCUT2D eigenvalue weighted by molar-refractivity contribution is -0.138. The third-order valence-electron chi connectivity index (χ3n) is 8.94. The van der Waals surface area contributed by atoms with Crippen LogP contribution in [0.4, 0.5) is 0 Å². The van der Waals surface area contributed by atoms with Crippen LogP contribution in [0.25, 0.3) is 0 Å². The Morgan fingerprint density at radius 3 is 1.55 bits per heavy atom. The van der Waals surface area contributed by atoms with Gasteiger partial charge in [-0.05, 0) is 75.5 Å². The first kappa shape index (κ1) is 51.4. The van der Waals surface area contributed by atoms with Gasteiger partial charge in [-0.2, -0.15) is 0 Å². The predicted octanol–water partition coefficient (Wildman–Crippen LogP) is 9.48. The standard InChI is InChI=1S/C22H27NO4.C20H31NO4.2C2H6/c24-20(17-18-9-4-3-5-10-18)15-14-19-11-8-12-21(25)23(19)16-7-2-1-6-13-22(26)27;1-2-3-6-11-18(22)15-14-17-10-9-12-19(23)21(17)16-8-5-4-7-13-20(24)25;2*1-2/h2-5,7,9-10,14-15,19H,1,6,8,11-13,16-17H2,(H,26,27);5,8,14-15,17H,2-4,6-7,9-13,16H2,1H3,(H,24,25);2*1-2H3/t19-;17-;;/m11../s1. The number of nitrogens with zero attached hydrogens (tertiary/aromatic N) is 2. The molecule has 2 aliphatic heterocycles. The predicted molar refractivity (Wildman–Crippen MR) is 225 cm³/mol. The molecule has 2 atom stereocenters. The van der Waals surface area contributed by atoms with Gasteiger partial charge in [0.15, 0.2) is 11.6 Å². The second kappa shape index (κ2) is 33.7. The summed E-state index contributed by atoms with van der Waals surface area (Å²) in [5.41, 5.74) is 0.980. The van der Waals surface area contributed by atoms with Crippen molar-refractivity contribution < 1.29 is 39.0 Å². The van der Waals surface area contributed by atoms with Crippen LogP contribution in [0.1, 0.15) is 143 Å². The highest BCUT2D eigenvalue weighted by atomic mass is 16.4. The lowest BCUT2D eigenvalue weighted by Gasteiger charge is -2.33. The highest BCUT2D eigenvalue weighted by Crippen LogP contribution is 2.21. The first-order chi connectivity index (χ1) is 27.1. The Kier molecular flexibility index (Phi) is 30.9. The maximum absolute atomic E-state index is 12.2. The normalized spacial score (nSPS) is 16.9. The number of carboxylic acids is 2. The Hall–Kier alpha value is -4.60. The van der Waals surface area contributed by atoms with Crippen LogP contribution >= 0.6 is 0 Å². The summed E-state index contributed by atoms with van der Waals surface area (Å²) in [5, 5.41) is 17.2. The molecule has 312 valence electrons. The van der Waals surface area contributed by atoms with Crippen LogP contribution in [-0.4, -0.2) is 80.5 Å². The average Bonchev–Trinajstić information content (AvgIpc) is 3.19. The lowest BCUT2D eigenvalue weighted by atomic mass is 10.00. The number of rotatable bonds is 22. The average molecular weight is 779 g/mol. The second-order valence-electron chi connectivity index (χ2n) is 13.3. The molecule has 0 saturated carbocycles. The van der Waals surface area contributed by atoms with Gasteiger partial charge in [-0.3, -0.25) is 28.8 Å². The monoisotopic (exact) mass is 779 g/mol. The molecule has 0 radical (unpaired) electrons. The number of hydrogen-bond donors (Lipinski definition) is 2. The molecule has 3 rings (SSSR count). The SMILES string of the molecule is CC.CC.CCCCCC(=O)C=C[C@H]1CCCC(=O)N1CC=CCCCC(=O)O.O=C(O)CCCC=CCN1C(=O)CCC[C@@H]1C=CC(=O)Cc1ccccc1. The van der Waals surface area contributed by atoms with E-state index in [1.165, 1.54) is 0 Å². The number of amides is 2. The minimum Gasteiger partial charge on any atom is -0.481 e. The number of unbranched alkanes of at least 4 members (excludes halogenated alkanes) is 4. The van der Waals surface area contributed by atoms with Gasteiger partial charge in [0.25, 0.3) is 0 Å². The van der Waals surface area contributed by atoms with E-state index in [1.807, 2.05) is 99.4 Å². The summed E-state index contributed by atoms with van der Waals surface area (Å²) in [7, 11) is 0. The Labute approximate surface area is 336 Å². The number of allylic oxidation sites excluding steroid dienone is 4. The van der Waals surface area contributed by atoms with Crippen molar-refractivity contribution in [1.82, 2.24) is 9.80 Å². The minimum atomic E-state index is -0.792. The fraction of sp³-hybridized carbons (Fsp3) is 0.565. The molecule has 10 heteroatoms. The van der Waals surface area contributed by atoms with Crippen molar-refractivity contribution >= 4 is 35.3 Å². The third-order valence-corrected chi connectivity index (χ3v) is 8.94. The van der Waals surface area contributed by atoms with Crippen molar-refractivity contribution in [3.63, 3.8) is 0 Å². The van der Waals surface area contributed by atoms with Gasteiger partial charge in [0, 0.05) is 51.6 Å². The topological polar surface area (TPSA) is 149 Å². The van der Waals surface area contributed by atoms with E-state index in [1.54, 1.807) is 17.1 Å². The summed E-state index contributed by atoms with van der Waals surface area (Å²) < 4.78 is 0. The largest absolute Gasteiger partial charge is 0.481 e. The van der Waals surface area contributed by atoms with Crippen molar-refractivity contribution in [3.05, 3.63) is 84.5 Å². The highest BCUT2D eigenvalue weighted by Gasteiger charge is 2.26. The van der Waals surface area contributed by atoms with Gasteiger partial charge < -0.3 is 20.0 Å². The number of hydrogen-bond acceptors (Lipinski definition) is 6. The fourth-order valence-corrected chi connectivity index (χ4v) is 6.05. The number of benzene rings is 1. The molecule has 2 aliphatic rings. The molecular formula is C46H70N2O8. The first-order valence-electron chi connectivity index (χ1n) is 20.9. The smallest absolute Gasteiger partial charge is 0.303 e. The van der Waals surface area contributed by atoms with Gasteiger partial charge in [0.1, 0.15) is 0 Å². The first-order valence-corrected chi connectivity index (χ1v) is 20.9. The van der Waals surface area contributed by atoms with Crippen LogP contribution in [0.15, 0.2) is 78.9 Å². The molecule has 1 aromatic rings. The summed E-state index contributed by atoms with van der Waals surface area (Å²) in [4.78, 5) is 73.0. The zero-order chi connectivity index (χ0) is 42.0. The molecule has 2 N–H and O–H groups in total. The minimum absolute atomic E-state index is 0.0138. The van der Waals surface area contributed by atoms with E-state index in [2.05, 4.69) is 6.92 Å². The number of carboxylic acid groups (broad SMARTS) is 2. The van der Waals surface area contributed by atoms with Crippen molar-refractivity contribution in [2.24, 2.45) is 0 Å².